The van der Waals surface area contributed by atoms with Gasteiger partial charge in [-0.3, -0.25) is 4.79 Å². The number of carbonyl (C=O) groups is 2. The van der Waals surface area contributed by atoms with E-state index in [0.717, 1.165) is 0 Å². The fourth-order valence-corrected chi connectivity index (χ4v) is 2.60. The maximum Gasteiger partial charge on any atom is 0.332 e. The Morgan fingerprint density at radius 2 is 2.33 bits per heavy atom. The summed E-state index contributed by atoms with van der Waals surface area (Å²) in [5, 5.41) is 0. The molecule has 1 atom stereocenters. The molecule has 0 N–H and O–H groups in total. The largest absolute Gasteiger partial charge is 0.464 e. The van der Waals surface area contributed by atoms with Gasteiger partial charge in [-0.15, -0.1) is 0 Å². The number of aliphatic imine (C=N–C) groups is 1. The van der Waals surface area contributed by atoms with E-state index in [1.54, 1.807) is 6.92 Å². The molecule has 2 rings (SSSR count). The van der Waals surface area contributed by atoms with E-state index in [0.29, 0.717) is 6.42 Å². The summed E-state index contributed by atoms with van der Waals surface area (Å²) in [6.45, 7) is -0.945. The molecule has 2 aliphatic heterocycles. The van der Waals surface area contributed by atoms with Crippen molar-refractivity contribution in [2.24, 2.45) is 4.99 Å². The topological polar surface area (TPSA) is 59.0 Å². The SMILES string of the molecule is CCOC(=O)C12CCC(=O)N1CC(=NC(F)F)C2. The van der Waals surface area contributed by atoms with Crippen molar-refractivity contribution in [1.29, 1.82) is 0 Å². The summed E-state index contributed by atoms with van der Waals surface area (Å²) in [5.74, 6) is -0.724. The number of hydrogen-bond acceptors (Lipinski definition) is 4. The van der Waals surface area contributed by atoms with Crippen LogP contribution in [0.25, 0.3) is 0 Å². The second-order valence-corrected chi connectivity index (χ2v) is 4.38. The summed E-state index contributed by atoms with van der Waals surface area (Å²) in [6.07, 6.45) is 0.621. The second kappa shape index (κ2) is 4.62. The van der Waals surface area contributed by atoms with Crippen molar-refractivity contribution in [2.75, 3.05) is 13.2 Å². The molecule has 0 aromatic rings. The molecule has 2 fully saturated rings. The Labute approximate surface area is 103 Å². The highest BCUT2D eigenvalue weighted by molar-refractivity contribution is 6.04. The summed E-state index contributed by atoms with van der Waals surface area (Å²) in [4.78, 5) is 28.1. The molecule has 2 saturated heterocycles. The van der Waals surface area contributed by atoms with Gasteiger partial charge in [-0.25, -0.2) is 9.79 Å². The Morgan fingerprint density at radius 3 is 2.94 bits per heavy atom. The van der Waals surface area contributed by atoms with Crippen LogP contribution in [-0.2, 0) is 14.3 Å². The first kappa shape index (κ1) is 12.9. The zero-order valence-corrected chi connectivity index (χ0v) is 9.99. The molecule has 1 unspecified atom stereocenters. The van der Waals surface area contributed by atoms with E-state index >= 15 is 0 Å². The van der Waals surface area contributed by atoms with E-state index in [-0.39, 0.29) is 37.6 Å². The molecule has 0 radical (unpaired) electrons. The van der Waals surface area contributed by atoms with Gasteiger partial charge in [0.2, 0.25) is 5.91 Å². The summed E-state index contributed by atoms with van der Waals surface area (Å²) in [5.41, 5.74) is -0.910. The molecule has 0 spiro atoms. The van der Waals surface area contributed by atoms with Crippen molar-refractivity contribution < 1.29 is 23.1 Å². The van der Waals surface area contributed by atoms with Gasteiger partial charge in [0, 0.05) is 18.6 Å². The normalized spacial score (nSPS) is 29.2. The van der Waals surface area contributed by atoms with Gasteiger partial charge in [-0.05, 0) is 13.3 Å². The van der Waals surface area contributed by atoms with E-state index in [1.165, 1.54) is 4.90 Å². The van der Waals surface area contributed by atoms with Crippen LogP contribution in [0.1, 0.15) is 26.2 Å². The van der Waals surface area contributed by atoms with Gasteiger partial charge >= 0.3 is 12.5 Å². The van der Waals surface area contributed by atoms with Crippen molar-refractivity contribution in [1.82, 2.24) is 4.90 Å². The smallest absolute Gasteiger partial charge is 0.332 e. The Kier molecular flexibility index (Phi) is 3.32. The standard InChI is InChI=1S/C11H14F2N2O3/c1-2-18-9(17)11-4-3-8(16)15(11)6-7(5-11)14-10(12)13/h10H,2-6H2,1H3. The zero-order chi connectivity index (χ0) is 13.3. The number of fused-ring (bicyclic) bond motifs is 1. The van der Waals surface area contributed by atoms with E-state index < -0.39 is 18.1 Å². The third-order valence-corrected chi connectivity index (χ3v) is 3.34. The Morgan fingerprint density at radius 1 is 1.61 bits per heavy atom. The Hall–Kier alpha value is -1.53. The molecule has 0 bridgehead atoms. The highest BCUT2D eigenvalue weighted by atomic mass is 19.3. The quantitative estimate of drug-likeness (QED) is 0.561. The molecule has 0 aromatic heterocycles. The highest BCUT2D eigenvalue weighted by Crippen LogP contribution is 2.39. The monoisotopic (exact) mass is 260 g/mol. The number of hydrogen-bond donors (Lipinski definition) is 0. The van der Waals surface area contributed by atoms with Gasteiger partial charge in [-0.2, -0.15) is 8.78 Å². The van der Waals surface area contributed by atoms with E-state index in [4.69, 9.17) is 4.74 Å². The molecule has 5 nitrogen and oxygen atoms in total. The van der Waals surface area contributed by atoms with Gasteiger partial charge in [0.05, 0.1) is 13.2 Å². The number of amides is 1. The number of nitrogens with zero attached hydrogens (tertiary/aromatic N) is 2. The van der Waals surface area contributed by atoms with Gasteiger partial charge < -0.3 is 9.64 Å². The molecule has 0 aliphatic carbocycles. The lowest BCUT2D eigenvalue weighted by Gasteiger charge is -2.28. The van der Waals surface area contributed by atoms with E-state index in [9.17, 15) is 18.4 Å². The first-order valence-electron chi connectivity index (χ1n) is 5.81. The summed E-state index contributed by atoms with van der Waals surface area (Å²) in [6, 6.07) is 0. The van der Waals surface area contributed by atoms with Crippen LogP contribution < -0.4 is 0 Å². The van der Waals surface area contributed by atoms with Crippen LogP contribution in [0.15, 0.2) is 4.99 Å². The van der Waals surface area contributed by atoms with E-state index in [2.05, 4.69) is 4.99 Å². The first-order valence-corrected chi connectivity index (χ1v) is 5.81. The molecule has 2 heterocycles. The zero-order valence-electron chi connectivity index (χ0n) is 9.99. The average Bonchev–Trinajstić information content (AvgIpc) is 2.78. The van der Waals surface area contributed by atoms with Crippen molar-refractivity contribution in [3.05, 3.63) is 0 Å². The molecule has 0 aromatic carbocycles. The number of esters is 1. The predicted molar refractivity (Wildman–Crippen MR) is 58.4 cm³/mol. The fourth-order valence-electron chi connectivity index (χ4n) is 2.60. The van der Waals surface area contributed by atoms with Crippen LogP contribution in [-0.4, -0.2) is 47.7 Å². The van der Waals surface area contributed by atoms with Crippen LogP contribution in [0.3, 0.4) is 0 Å². The maximum absolute atomic E-state index is 12.2. The lowest BCUT2D eigenvalue weighted by molar-refractivity contribution is -0.157. The molecule has 2 aliphatic rings. The van der Waals surface area contributed by atoms with Crippen molar-refractivity contribution in [2.45, 2.75) is 38.3 Å². The van der Waals surface area contributed by atoms with E-state index in [1.807, 2.05) is 0 Å². The number of rotatable bonds is 3. The number of halogens is 2. The number of ether oxygens (including phenoxy) is 1. The van der Waals surface area contributed by atoms with Crippen molar-refractivity contribution in [3.63, 3.8) is 0 Å². The molecular weight excluding hydrogens is 246 g/mol. The van der Waals surface area contributed by atoms with Crippen LogP contribution in [0.4, 0.5) is 8.78 Å². The van der Waals surface area contributed by atoms with Gasteiger partial charge in [0.15, 0.2) is 0 Å². The van der Waals surface area contributed by atoms with Gasteiger partial charge in [0.1, 0.15) is 5.54 Å². The molecule has 1 amide bonds. The lowest BCUT2D eigenvalue weighted by Crippen LogP contribution is -2.48. The predicted octanol–water partition coefficient (Wildman–Crippen LogP) is 0.978. The minimum Gasteiger partial charge on any atom is -0.464 e. The van der Waals surface area contributed by atoms with Crippen molar-refractivity contribution in [3.8, 4) is 0 Å². The summed E-state index contributed by atoms with van der Waals surface area (Å²) in [7, 11) is 0. The van der Waals surface area contributed by atoms with Crippen LogP contribution in [0.5, 0.6) is 0 Å². The maximum atomic E-state index is 12.2. The molecule has 7 heteroatoms. The van der Waals surface area contributed by atoms with Crippen LogP contribution in [0, 0.1) is 0 Å². The number of carbonyl (C=O) groups excluding carboxylic acids is 2. The highest BCUT2D eigenvalue weighted by Gasteiger charge is 2.57. The minimum absolute atomic E-state index is 0.00197. The summed E-state index contributed by atoms with van der Waals surface area (Å²) < 4.78 is 29.4. The minimum atomic E-state index is -2.81. The molecule has 18 heavy (non-hydrogen) atoms. The Balaban J connectivity index is 2.26. The van der Waals surface area contributed by atoms with Gasteiger partial charge in [0.25, 0.3) is 0 Å². The first-order chi connectivity index (χ1) is 8.49. The van der Waals surface area contributed by atoms with Crippen molar-refractivity contribution >= 4 is 17.6 Å². The van der Waals surface area contributed by atoms with Crippen LogP contribution in [0.2, 0.25) is 0 Å². The molecular formula is C11H14F2N2O3. The Bertz CT molecular complexity index is 411. The molecule has 0 saturated carbocycles. The van der Waals surface area contributed by atoms with Gasteiger partial charge in [-0.1, -0.05) is 0 Å². The summed E-state index contributed by atoms with van der Waals surface area (Å²) >= 11 is 0. The fraction of sp³-hybridized carbons (Fsp3) is 0.727. The molecule has 100 valence electrons. The third kappa shape index (κ3) is 1.97. The average molecular weight is 260 g/mol. The lowest BCUT2D eigenvalue weighted by atomic mass is 9.94. The number of alkyl halides is 2. The van der Waals surface area contributed by atoms with Crippen LogP contribution >= 0.6 is 0 Å². The second-order valence-electron chi connectivity index (χ2n) is 4.38. The third-order valence-electron chi connectivity index (χ3n) is 3.34.